The van der Waals surface area contributed by atoms with Crippen LogP contribution in [0.25, 0.3) is 0 Å². The van der Waals surface area contributed by atoms with Crippen LogP contribution in [-0.2, 0) is 18.2 Å². The second-order valence-corrected chi connectivity index (χ2v) is 4.82. The van der Waals surface area contributed by atoms with E-state index in [0.717, 1.165) is 31.7 Å². The molecule has 2 rings (SSSR count). The van der Waals surface area contributed by atoms with Crippen LogP contribution in [0.1, 0.15) is 25.6 Å². The van der Waals surface area contributed by atoms with Crippen LogP contribution in [0.5, 0.6) is 0 Å². The SMILES string of the molecule is CCC1OCCC1C(Cc1nccn1C)NC. The first-order valence-electron chi connectivity index (χ1n) is 6.51. The molecule has 1 aromatic rings. The van der Waals surface area contributed by atoms with Crippen LogP contribution in [0.2, 0.25) is 0 Å². The van der Waals surface area contributed by atoms with Crippen LogP contribution in [0.15, 0.2) is 12.4 Å². The summed E-state index contributed by atoms with van der Waals surface area (Å²) in [6.07, 6.45) is 7.52. The summed E-state index contributed by atoms with van der Waals surface area (Å²) in [7, 11) is 4.09. The molecule has 4 heteroatoms. The Labute approximate surface area is 103 Å². The Bertz CT molecular complexity index is 350. The van der Waals surface area contributed by atoms with E-state index in [1.807, 2.05) is 19.4 Å². The van der Waals surface area contributed by atoms with E-state index < -0.39 is 0 Å². The van der Waals surface area contributed by atoms with Crippen molar-refractivity contribution in [3.63, 3.8) is 0 Å². The Morgan fingerprint density at radius 1 is 1.65 bits per heavy atom. The van der Waals surface area contributed by atoms with Gasteiger partial charge in [-0.2, -0.15) is 0 Å². The molecule has 4 nitrogen and oxygen atoms in total. The zero-order valence-corrected chi connectivity index (χ0v) is 11.0. The molecule has 0 bridgehead atoms. The van der Waals surface area contributed by atoms with Crippen LogP contribution in [0, 0.1) is 5.92 Å². The molecule has 0 aromatic carbocycles. The lowest BCUT2D eigenvalue weighted by atomic mass is 9.89. The molecule has 2 heterocycles. The molecular weight excluding hydrogens is 214 g/mol. The van der Waals surface area contributed by atoms with Gasteiger partial charge in [0.25, 0.3) is 0 Å². The number of nitrogens with one attached hydrogen (secondary N) is 1. The summed E-state index contributed by atoms with van der Waals surface area (Å²) >= 11 is 0. The van der Waals surface area contributed by atoms with E-state index in [1.165, 1.54) is 0 Å². The normalized spacial score (nSPS) is 26.3. The Morgan fingerprint density at radius 2 is 2.47 bits per heavy atom. The minimum absolute atomic E-state index is 0.410. The van der Waals surface area contributed by atoms with Crippen molar-refractivity contribution in [3.8, 4) is 0 Å². The maximum atomic E-state index is 5.78. The summed E-state index contributed by atoms with van der Waals surface area (Å²) in [6.45, 7) is 3.11. The first-order valence-corrected chi connectivity index (χ1v) is 6.51. The number of aryl methyl sites for hydroxylation is 1. The zero-order chi connectivity index (χ0) is 12.3. The van der Waals surface area contributed by atoms with Crippen LogP contribution in [0.4, 0.5) is 0 Å². The second-order valence-electron chi connectivity index (χ2n) is 4.82. The van der Waals surface area contributed by atoms with E-state index in [0.29, 0.717) is 18.1 Å². The number of nitrogens with zero attached hydrogens (tertiary/aromatic N) is 2. The number of likely N-dealkylation sites (N-methyl/N-ethyl adjacent to an activating group) is 1. The number of imidazole rings is 1. The highest BCUT2D eigenvalue weighted by Crippen LogP contribution is 2.27. The largest absolute Gasteiger partial charge is 0.378 e. The van der Waals surface area contributed by atoms with E-state index in [9.17, 15) is 0 Å². The highest BCUT2D eigenvalue weighted by atomic mass is 16.5. The number of aromatic nitrogens is 2. The summed E-state index contributed by atoms with van der Waals surface area (Å²) < 4.78 is 7.88. The zero-order valence-electron chi connectivity index (χ0n) is 11.0. The molecule has 1 aliphatic heterocycles. The molecule has 17 heavy (non-hydrogen) atoms. The number of ether oxygens (including phenoxy) is 1. The maximum absolute atomic E-state index is 5.78. The molecule has 1 aromatic heterocycles. The molecule has 1 aliphatic rings. The molecule has 96 valence electrons. The van der Waals surface area contributed by atoms with Crippen molar-refractivity contribution in [2.24, 2.45) is 13.0 Å². The minimum Gasteiger partial charge on any atom is -0.378 e. The van der Waals surface area contributed by atoms with Gasteiger partial charge in [0.2, 0.25) is 0 Å². The standard InChI is InChI=1S/C13H23N3O/c1-4-12-10(5-8-17-12)11(14-2)9-13-15-6-7-16(13)3/h6-7,10-12,14H,4-5,8-9H2,1-3H3. The number of rotatable bonds is 5. The smallest absolute Gasteiger partial charge is 0.109 e. The quantitative estimate of drug-likeness (QED) is 0.840. The van der Waals surface area contributed by atoms with Crippen LogP contribution >= 0.6 is 0 Å². The lowest BCUT2D eigenvalue weighted by Crippen LogP contribution is -2.40. The summed E-state index contributed by atoms with van der Waals surface area (Å²) in [5.74, 6) is 1.76. The van der Waals surface area contributed by atoms with Gasteiger partial charge >= 0.3 is 0 Å². The molecule has 0 saturated carbocycles. The predicted octanol–water partition coefficient (Wildman–Crippen LogP) is 1.37. The van der Waals surface area contributed by atoms with E-state index >= 15 is 0 Å². The van der Waals surface area contributed by atoms with Gasteiger partial charge in [0, 0.05) is 44.4 Å². The van der Waals surface area contributed by atoms with Gasteiger partial charge in [-0.3, -0.25) is 0 Å². The average Bonchev–Trinajstić information content (AvgIpc) is 2.95. The van der Waals surface area contributed by atoms with Gasteiger partial charge in [-0.1, -0.05) is 6.92 Å². The Balaban J connectivity index is 2.03. The van der Waals surface area contributed by atoms with E-state index in [-0.39, 0.29) is 0 Å². The van der Waals surface area contributed by atoms with E-state index in [1.54, 1.807) is 0 Å². The van der Waals surface area contributed by atoms with Crippen molar-refractivity contribution in [1.29, 1.82) is 0 Å². The highest BCUT2D eigenvalue weighted by molar-refractivity contribution is 4.97. The summed E-state index contributed by atoms with van der Waals surface area (Å²) in [6, 6.07) is 0.462. The maximum Gasteiger partial charge on any atom is 0.109 e. The molecule has 0 spiro atoms. The number of hydrogen-bond donors (Lipinski definition) is 1. The van der Waals surface area contributed by atoms with Crippen molar-refractivity contribution in [2.75, 3.05) is 13.7 Å². The molecular formula is C13H23N3O. The van der Waals surface area contributed by atoms with Crippen LogP contribution in [-0.4, -0.2) is 35.4 Å². The third-order valence-electron chi connectivity index (χ3n) is 3.87. The first-order chi connectivity index (χ1) is 8.26. The van der Waals surface area contributed by atoms with E-state index in [2.05, 4.69) is 28.8 Å². The van der Waals surface area contributed by atoms with Gasteiger partial charge < -0.3 is 14.6 Å². The average molecular weight is 237 g/mol. The molecule has 1 fully saturated rings. The van der Waals surface area contributed by atoms with Gasteiger partial charge in [-0.25, -0.2) is 4.98 Å². The number of hydrogen-bond acceptors (Lipinski definition) is 3. The monoisotopic (exact) mass is 237 g/mol. The Kier molecular flexibility index (Phi) is 4.18. The third kappa shape index (κ3) is 2.69. The van der Waals surface area contributed by atoms with Gasteiger partial charge in [0.1, 0.15) is 5.82 Å². The minimum atomic E-state index is 0.410. The van der Waals surface area contributed by atoms with Crippen molar-refractivity contribution in [3.05, 3.63) is 18.2 Å². The van der Waals surface area contributed by atoms with E-state index in [4.69, 9.17) is 4.74 Å². The van der Waals surface area contributed by atoms with Crippen molar-refractivity contribution >= 4 is 0 Å². The molecule has 3 unspecified atom stereocenters. The molecule has 1 saturated heterocycles. The molecule has 3 atom stereocenters. The molecule has 0 aliphatic carbocycles. The fraction of sp³-hybridized carbons (Fsp3) is 0.769. The predicted molar refractivity (Wildman–Crippen MR) is 67.9 cm³/mol. The lowest BCUT2D eigenvalue weighted by Gasteiger charge is -2.26. The molecule has 0 radical (unpaired) electrons. The topological polar surface area (TPSA) is 39.1 Å². The van der Waals surface area contributed by atoms with Crippen molar-refractivity contribution < 1.29 is 4.74 Å². The Morgan fingerprint density at radius 3 is 3.06 bits per heavy atom. The van der Waals surface area contributed by atoms with Gasteiger partial charge in [-0.15, -0.1) is 0 Å². The van der Waals surface area contributed by atoms with Crippen LogP contribution < -0.4 is 5.32 Å². The molecule has 0 amide bonds. The lowest BCUT2D eigenvalue weighted by molar-refractivity contribution is 0.0780. The third-order valence-corrected chi connectivity index (χ3v) is 3.87. The van der Waals surface area contributed by atoms with Crippen molar-refractivity contribution in [1.82, 2.24) is 14.9 Å². The summed E-state index contributed by atoms with van der Waals surface area (Å²) in [5.41, 5.74) is 0. The van der Waals surface area contributed by atoms with Gasteiger partial charge in [0.05, 0.1) is 6.10 Å². The summed E-state index contributed by atoms with van der Waals surface area (Å²) in [4.78, 5) is 4.41. The second kappa shape index (κ2) is 5.65. The Hall–Kier alpha value is -0.870. The van der Waals surface area contributed by atoms with Crippen molar-refractivity contribution in [2.45, 2.75) is 38.3 Å². The first kappa shape index (κ1) is 12.6. The summed E-state index contributed by atoms with van der Waals surface area (Å²) in [5, 5.41) is 3.44. The fourth-order valence-corrected chi connectivity index (χ4v) is 2.80. The molecule has 1 N–H and O–H groups in total. The van der Waals surface area contributed by atoms with Gasteiger partial charge in [-0.05, 0) is 19.9 Å². The fourth-order valence-electron chi connectivity index (χ4n) is 2.80. The highest BCUT2D eigenvalue weighted by Gasteiger charge is 2.33. The van der Waals surface area contributed by atoms with Gasteiger partial charge in [0.15, 0.2) is 0 Å². The van der Waals surface area contributed by atoms with Crippen LogP contribution in [0.3, 0.4) is 0 Å².